The molecular weight excluding hydrogens is 444 g/mol. The van der Waals surface area contributed by atoms with Gasteiger partial charge in [-0.3, -0.25) is 4.79 Å². The first-order valence-corrected chi connectivity index (χ1v) is 12.4. The average molecular weight is 475 g/mol. The molecule has 0 bridgehead atoms. The highest BCUT2D eigenvalue weighted by Gasteiger charge is 2.32. The van der Waals surface area contributed by atoms with E-state index < -0.39 is 28.0 Å². The number of hydrogen-bond acceptors (Lipinski definition) is 6. The van der Waals surface area contributed by atoms with Gasteiger partial charge in [0.2, 0.25) is 10.0 Å². The summed E-state index contributed by atoms with van der Waals surface area (Å²) in [6, 6.07) is 12.9. The van der Waals surface area contributed by atoms with Gasteiger partial charge in [0.1, 0.15) is 0 Å². The minimum atomic E-state index is -3.71. The SMILES string of the molecule is CCc1ccc(NC(=O)C(C)OC(=O)c2ccc(S(=O)(=O)N3CC(C)OC(C)C3)cc2)cc1. The van der Waals surface area contributed by atoms with E-state index in [1.165, 1.54) is 35.5 Å². The number of carbonyl (C=O) groups is 2. The predicted octanol–water partition coefficient (Wildman–Crippen LogP) is 3.23. The number of nitrogens with zero attached hydrogens (tertiary/aromatic N) is 1. The molecule has 9 heteroatoms. The summed E-state index contributed by atoms with van der Waals surface area (Å²) in [6.45, 7) is 7.71. The molecule has 3 atom stereocenters. The van der Waals surface area contributed by atoms with Gasteiger partial charge in [-0.15, -0.1) is 0 Å². The number of carbonyl (C=O) groups excluding carboxylic acids is 2. The van der Waals surface area contributed by atoms with Crippen molar-refractivity contribution >= 4 is 27.6 Å². The molecule has 1 amide bonds. The van der Waals surface area contributed by atoms with Crippen LogP contribution in [0.4, 0.5) is 5.69 Å². The highest BCUT2D eigenvalue weighted by atomic mass is 32.2. The molecule has 178 valence electrons. The summed E-state index contributed by atoms with van der Waals surface area (Å²) in [5, 5.41) is 2.71. The van der Waals surface area contributed by atoms with E-state index in [-0.39, 0.29) is 35.8 Å². The molecule has 1 heterocycles. The average Bonchev–Trinajstić information content (AvgIpc) is 2.79. The van der Waals surface area contributed by atoms with Gasteiger partial charge < -0.3 is 14.8 Å². The van der Waals surface area contributed by atoms with Crippen molar-refractivity contribution in [2.75, 3.05) is 18.4 Å². The Morgan fingerprint density at radius 2 is 1.64 bits per heavy atom. The highest BCUT2D eigenvalue weighted by molar-refractivity contribution is 7.89. The molecule has 1 aliphatic rings. The topological polar surface area (TPSA) is 102 Å². The summed E-state index contributed by atoms with van der Waals surface area (Å²) >= 11 is 0. The Bertz CT molecular complexity index is 1070. The second kappa shape index (κ2) is 10.5. The van der Waals surface area contributed by atoms with Gasteiger partial charge in [0, 0.05) is 18.8 Å². The maximum atomic E-state index is 12.9. The number of benzene rings is 2. The van der Waals surface area contributed by atoms with Gasteiger partial charge >= 0.3 is 5.97 Å². The molecule has 1 N–H and O–H groups in total. The van der Waals surface area contributed by atoms with Crippen LogP contribution in [0.2, 0.25) is 0 Å². The van der Waals surface area contributed by atoms with Crippen molar-refractivity contribution in [2.45, 2.75) is 57.3 Å². The van der Waals surface area contributed by atoms with E-state index in [2.05, 4.69) is 5.32 Å². The number of ether oxygens (including phenoxy) is 2. The molecule has 0 spiro atoms. The Morgan fingerprint density at radius 1 is 1.06 bits per heavy atom. The van der Waals surface area contributed by atoms with Crippen LogP contribution in [0.25, 0.3) is 0 Å². The molecule has 1 saturated heterocycles. The van der Waals surface area contributed by atoms with Crippen LogP contribution in [-0.4, -0.2) is 56.0 Å². The molecule has 1 aliphatic heterocycles. The summed E-state index contributed by atoms with van der Waals surface area (Å²) in [6.07, 6.45) is -0.527. The minimum Gasteiger partial charge on any atom is -0.449 e. The first-order chi connectivity index (χ1) is 15.6. The van der Waals surface area contributed by atoms with Gasteiger partial charge in [-0.05, 0) is 69.2 Å². The van der Waals surface area contributed by atoms with Gasteiger partial charge in [0.05, 0.1) is 22.7 Å². The van der Waals surface area contributed by atoms with E-state index >= 15 is 0 Å². The summed E-state index contributed by atoms with van der Waals surface area (Å²) in [7, 11) is -3.71. The number of esters is 1. The van der Waals surface area contributed by atoms with Crippen LogP contribution in [0.3, 0.4) is 0 Å². The molecule has 0 radical (unpaired) electrons. The first kappa shape index (κ1) is 24.9. The molecule has 0 aromatic heterocycles. The second-order valence-electron chi connectivity index (χ2n) is 8.19. The Morgan fingerprint density at radius 3 is 2.18 bits per heavy atom. The van der Waals surface area contributed by atoms with Crippen LogP contribution in [0.1, 0.15) is 43.6 Å². The van der Waals surface area contributed by atoms with Crippen molar-refractivity contribution in [3.63, 3.8) is 0 Å². The Hall–Kier alpha value is -2.75. The zero-order valence-electron chi connectivity index (χ0n) is 19.3. The van der Waals surface area contributed by atoms with Crippen LogP contribution >= 0.6 is 0 Å². The van der Waals surface area contributed by atoms with E-state index in [0.717, 1.165) is 12.0 Å². The molecule has 2 aromatic rings. The monoisotopic (exact) mass is 474 g/mol. The lowest BCUT2D eigenvalue weighted by Crippen LogP contribution is -2.48. The lowest BCUT2D eigenvalue weighted by atomic mass is 10.1. The first-order valence-electron chi connectivity index (χ1n) is 11.0. The Kier molecular flexibility index (Phi) is 7.88. The lowest BCUT2D eigenvalue weighted by molar-refractivity contribution is -0.123. The van der Waals surface area contributed by atoms with Crippen LogP contribution in [-0.2, 0) is 30.7 Å². The minimum absolute atomic E-state index is 0.0849. The van der Waals surface area contributed by atoms with Crippen LogP contribution < -0.4 is 5.32 Å². The number of rotatable bonds is 7. The maximum absolute atomic E-state index is 12.9. The van der Waals surface area contributed by atoms with Crippen molar-refractivity contribution in [1.82, 2.24) is 4.31 Å². The van der Waals surface area contributed by atoms with Crippen molar-refractivity contribution in [2.24, 2.45) is 0 Å². The van der Waals surface area contributed by atoms with Crippen molar-refractivity contribution in [1.29, 1.82) is 0 Å². The summed E-state index contributed by atoms with van der Waals surface area (Å²) in [5.74, 6) is -1.17. The predicted molar refractivity (Wildman–Crippen MR) is 125 cm³/mol. The van der Waals surface area contributed by atoms with Crippen molar-refractivity contribution in [3.05, 3.63) is 59.7 Å². The molecule has 33 heavy (non-hydrogen) atoms. The summed E-state index contributed by atoms with van der Waals surface area (Å²) in [4.78, 5) is 24.9. The van der Waals surface area contributed by atoms with Gasteiger partial charge in [0.15, 0.2) is 6.10 Å². The highest BCUT2D eigenvalue weighted by Crippen LogP contribution is 2.22. The molecule has 0 saturated carbocycles. The van der Waals surface area contributed by atoms with Crippen LogP contribution in [0.5, 0.6) is 0 Å². The number of hydrogen-bond donors (Lipinski definition) is 1. The zero-order chi connectivity index (χ0) is 24.2. The van der Waals surface area contributed by atoms with E-state index in [1.807, 2.05) is 32.9 Å². The van der Waals surface area contributed by atoms with Gasteiger partial charge in [-0.1, -0.05) is 19.1 Å². The van der Waals surface area contributed by atoms with E-state index in [0.29, 0.717) is 5.69 Å². The van der Waals surface area contributed by atoms with E-state index in [9.17, 15) is 18.0 Å². The van der Waals surface area contributed by atoms with Gasteiger partial charge in [-0.25, -0.2) is 13.2 Å². The number of amides is 1. The third-order valence-corrected chi connectivity index (χ3v) is 7.24. The molecular formula is C24H30N2O6S. The van der Waals surface area contributed by atoms with E-state index in [1.54, 1.807) is 12.1 Å². The summed E-state index contributed by atoms with van der Waals surface area (Å²) < 4.78 is 38.1. The fraction of sp³-hybridized carbons (Fsp3) is 0.417. The maximum Gasteiger partial charge on any atom is 0.338 e. The number of sulfonamides is 1. The third kappa shape index (κ3) is 6.19. The normalized spacial score (nSPS) is 20.1. The molecule has 2 aromatic carbocycles. The largest absolute Gasteiger partial charge is 0.449 e. The smallest absolute Gasteiger partial charge is 0.338 e. The van der Waals surface area contributed by atoms with E-state index in [4.69, 9.17) is 9.47 Å². The van der Waals surface area contributed by atoms with Gasteiger partial charge in [-0.2, -0.15) is 4.31 Å². The molecule has 8 nitrogen and oxygen atoms in total. The zero-order valence-corrected chi connectivity index (χ0v) is 20.1. The fourth-order valence-electron chi connectivity index (χ4n) is 3.59. The molecule has 1 fully saturated rings. The molecule has 0 aliphatic carbocycles. The number of aryl methyl sites for hydroxylation is 1. The summed E-state index contributed by atoms with van der Waals surface area (Å²) in [5.41, 5.74) is 1.92. The number of nitrogens with one attached hydrogen (secondary N) is 1. The van der Waals surface area contributed by atoms with Crippen molar-refractivity contribution in [3.8, 4) is 0 Å². The van der Waals surface area contributed by atoms with Crippen molar-refractivity contribution < 1.29 is 27.5 Å². The Balaban J connectivity index is 1.61. The number of morpholine rings is 1. The number of anilines is 1. The second-order valence-corrected chi connectivity index (χ2v) is 10.1. The Labute approximate surface area is 194 Å². The third-order valence-electron chi connectivity index (χ3n) is 5.40. The lowest BCUT2D eigenvalue weighted by Gasteiger charge is -2.34. The fourth-order valence-corrected chi connectivity index (χ4v) is 5.18. The van der Waals surface area contributed by atoms with Crippen LogP contribution in [0, 0.1) is 0 Å². The van der Waals surface area contributed by atoms with Crippen LogP contribution in [0.15, 0.2) is 53.4 Å². The van der Waals surface area contributed by atoms with Gasteiger partial charge in [0.25, 0.3) is 5.91 Å². The molecule has 3 unspecified atom stereocenters. The molecule has 3 rings (SSSR count). The quantitative estimate of drug-likeness (QED) is 0.618. The standard InChI is InChI=1S/C24H30N2O6S/c1-5-19-6-10-21(11-7-19)25-23(27)18(4)32-24(28)20-8-12-22(13-9-20)33(29,30)26-14-16(2)31-17(3)15-26/h6-13,16-18H,5,14-15H2,1-4H3,(H,25,27).